The van der Waals surface area contributed by atoms with Crippen LogP contribution in [0.15, 0.2) is 36.4 Å². The number of aromatic carboxylic acids is 1. The molecule has 2 rings (SSSR count). The summed E-state index contributed by atoms with van der Waals surface area (Å²) in [5.41, 5.74) is 1.42. The van der Waals surface area contributed by atoms with Gasteiger partial charge in [-0.25, -0.2) is 4.79 Å². The minimum Gasteiger partial charge on any atom is -0.493 e. The van der Waals surface area contributed by atoms with Gasteiger partial charge in [-0.1, -0.05) is 6.07 Å². The lowest BCUT2D eigenvalue weighted by Gasteiger charge is -2.14. The molecule has 7 heteroatoms. The maximum absolute atomic E-state index is 12.2. The van der Waals surface area contributed by atoms with E-state index in [9.17, 15) is 9.59 Å². The number of hydrogen-bond acceptors (Lipinski definition) is 5. The summed E-state index contributed by atoms with van der Waals surface area (Å²) in [6.45, 7) is 0. The molecule has 0 heterocycles. The number of benzene rings is 2. The highest BCUT2D eigenvalue weighted by Crippen LogP contribution is 2.38. The van der Waals surface area contributed by atoms with Crippen LogP contribution in [0.1, 0.15) is 22.3 Å². The van der Waals surface area contributed by atoms with Gasteiger partial charge in [-0.3, -0.25) is 4.79 Å². The molecule has 1 amide bonds. The maximum Gasteiger partial charge on any atom is 0.335 e. The monoisotopic (exact) mass is 359 g/mol. The van der Waals surface area contributed by atoms with E-state index in [-0.39, 0.29) is 17.9 Å². The summed E-state index contributed by atoms with van der Waals surface area (Å²) in [4.78, 5) is 23.1. The topological polar surface area (TPSA) is 94.1 Å². The first-order valence-electron chi connectivity index (χ1n) is 7.90. The van der Waals surface area contributed by atoms with Crippen LogP contribution in [0.4, 0.5) is 5.69 Å². The zero-order valence-electron chi connectivity index (χ0n) is 14.9. The van der Waals surface area contributed by atoms with Crippen molar-refractivity contribution in [3.8, 4) is 17.2 Å². The molecule has 2 aromatic rings. The lowest BCUT2D eigenvalue weighted by molar-refractivity contribution is -0.116. The van der Waals surface area contributed by atoms with Gasteiger partial charge in [-0.2, -0.15) is 0 Å². The van der Waals surface area contributed by atoms with E-state index in [1.54, 1.807) is 24.3 Å². The molecular formula is C19H21NO6. The molecule has 0 saturated carbocycles. The second kappa shape index (κ2) is 8.75. The number of carboxylic acids is 1. The average Bonchev–Trinajstić information content (AvgIpc) is 2.65. The molecular weight excluding hydrogens is 338 g/mol. The number of amides is 1. The molecule has 2 aromatic carbocycles. The Morgan fingerprint density at radius 3 is 2.19 bits per heavy atom. The number of carboxylic acid groups (broad SMARTS) is 1. The second-order valence-corrected chi connectivity index (χ2v) is 5.47. The van der Waals surface area contributed by atoms with Crippen LogP contribution < -0.4 is 19.5 Å². The van der Waals surface area contributed by atoms with Crippen molar-refractivity contribution in [2.75, 3.05) is 26.6 Å². The molecule has 0 aromatic heterocycles. The lowest BCUT2D eigenvalue weighted by Crippen LogP contribution is -2.13. The van der Waals surface area contributed by atoms with Crippen LogP contribution in [0.2, 0.25) is 0 Å². The fraction of sp³-hybridized carbons (Fsp3) is 0.263. The lowest BCUT2D eigenvalue weighted by atomic mass is 10.1. The van der Waals surface area contributed by atoms with Crippen LogP contribution in [0.3, 0.4) is 0 Å². The number of anilines is 1. The van der Waals surface area contributed by atoms with Gasteiger partial charge < -0.3 is 24.6 Å². The first-order valence-corrected chi connectivity index (χ1v) is 7.90. The quantitative estimate of drug-likeness (QED) is 0.752. The van der Waals surface area contributed by atoms with Crippen LogP contribution in [0.5, 0.6) is 17.2 Å². The third kappa shape index (κ3) is 4.66. The van der Waals surface area contributed by atoms with Gasteiger partial charge in [0.05, 0.1) is 26.9 Å². The molecule has 7 nitrogen and oxygen atoms in total. The molecule has 0 aliphatic heterocycles. The molecule has 0 saturated heterocycles. The van der Waals surface area contributed by atoms with Crippen molar-refractivity contribution in [1.82, 2.24) is 0 Å². The average molecular weight is 359 g/mol. The van der Waals surface area contributed by atoms with E-state index in [2.05, 4.69) is 5.32 Å². The predicted molar refractivity (Wildman–Crippen MR) is 96.5 cm³/mol. The second-order valence-electron chi connectivity index (χ2n) is 5.47. The van der Waals surface area contributed by atoms with Gasteiger partial charge in [-0.15, -0.1) is 0 Å². The minimum atomic E-state index is -1.04. The number of nitrogens with one attached hydrogen (secondary N) is 1. The summed E-state index contributed by atoms with van der Waals surface area (Å²) >= 11 is 0. The molecule has 138 valence electrons. The molecule has 0 aliphatic rings. The third-order valence-corrected chi connectivity index (χ3v) is 3.76. The van der Waals surface area contributed by atoms with Crippen LogP contribution in [-0.2, 0) is 11.2 Å². The van der Waals surface area contributed by atoms with Crippen molar-refractivity contribution in [3.05, 3.63) is 47.5 Å². The van der Waals surface area contributed by atoms with Gasteiger partial charge in [0.1, 0.15) is 0 Å². The number of aryl methyl sites for hydroxylation is 1. The summed E-state index contributed by atoms with van der Waals surface area (Å²) in [6, 6.07) is 9.69. The fourth-order valence-electron chi connectivity index (χ4n) is 2.49. The van der Waals surface area contributed by atoms with E-state index in [4.69, 9.17) is 19.3 Å². The molecule has 0 unspecified atom stereocenters. The molecule has 26 heavy (non-hydrogen) atoms. The van der Waals surface area contributed by atoms with Crippen molar-refractivity contribution < 1.29 is 28.9 Å². The Morgan fingerprint density at radius 2 is 1.65 bits per heavy atom. The number of carbonyl (C=O) groups is 2. The van der Waals surface area contributed by atoms with E-state index >= 15 is 0 Å². The van der Waals surface area contributed by atoms with Crippen molar-refractivity contribution in [2.45, 2.75) is 12.8 Å². The summed E-state index contributed by atoms with van der Waals surface area (Å²) < 4.78 is 15.9. The molecule has 2 N–H and O–H groups in total. The first kappa shape index (κ1) is 19.1. The summed E-state index contributed by atoms with van der Waals surface area (Å²) in [6.07, 6.45) is 0.678. The Morgan fingerprint density at radius 1 is 1.00 bits per heavy atom. The van der Waals surface area contributed by atoms with Crippen LogP contribution in [0, 0.1) is 0 Å². The Bertz CT molecular complexity index is 777. The van der Waals surface area contributed by atoms with Crippen molar-refractivity contribution in [3.63, 3.8) is 0 Å². The number of ether oxygens (including phenoxy) is 3. The molecule has 0 atom stereocenters. The van der Waals surface area contributed by atoms with Gasteiger partial charge in [-0.05, 0) is 42.3 Å². The Labute approximate surface area is 151 Å². The van der Waals surface area contributed by atoms with Gasteiger partial charge in [0.25, 0.3) is 0 Å². The van der Waals surface area contributed by atoms with Gasteiger partial charge in [0.15, 0.2) is 11.5 Å². The van der Waals surface area contributed by atoms with Gasteiger partial charge in [0, 0.05) is 12.1 Å². The Hall–Kier alpha value is -3.22. The standard InChI is InChI=1S/C19H21NO6/c1-24-15-9-12(10-16(25-2)18(15)26-3)7-8-17(21)20-14-6-4-5-13(11-14)19(22)23/h4-6,9-11H,7-8H2,1-3H3,(H,20,21)(H,22,23). The van der Waals surface area contributed by atoms with Gasteiger partial charge in [0.2, 0.25) is 11.7 Å². The Balaban J connectivity index is 2.05. The molecule has 0 bridgehead atoms. The van der Waals surface area contributed by atoms with Crippen LogP contribution in [-0.4, -0.2) is 38.3 Å². The van der Waals surface area contributed by atoms with Crippen LogP contribution >= 0.6 is 0 Å². The molecule has 0 aliphatic carbocycles. The Kier molecular flexibility index (Phi) is 6.43. The highest BCUT2D eigenvalue weighted by molar-refractivity contribution is 5.93. The van der Waals surface area contributed by atoms with Crippen molar-refractivity contribution >= 4 is 17.6 Å². The highest BCUT2D eigenvalue weighted by Gasteiger charge is 2.14. The van der Waals surface area contributed by atoms with Crippen molar-refractivity contribution in [2.24, 2.45) is 0 Å². The molecule has 0 spiro atoms. The van der Waals surface area contributed by atoms with E-state index in [0.29, 0.717) is 29.4 Å². The van der Waals surface area contributed by atoms with E-state index in [0.717, 1.165) is 5.56 Å². The summed E-state index contributed by atoms with van der Waals surface area (Å²) in [5.74, 6) is 0.279. The largest absolute Gasteiger partial charge is 0.493 e. The summed E-state index contributed by atoms with van der Waals surface area (Å²) in [5, 5.41) is 11.7. The predicted octanol–water partition coefficient (Wildman–Crippen LogP) is 2.98. The third-order valence-electron chi connectivity index (χ3n) is 3.76. The zero-order valence-corrected chi connectivity index (χ0v) is 14.9. The van der Waals surface area contributed by atoms with Crippen molar-refractivity contribution in [1.29, 1.82) is 0 Å². The van der Waals surface area contributed by atoms with Crippen LogP contribution in [0.25, 0.3) is 0 Å². The van der Waals surface area contributed by atoms with Gasteiger partial charge >= 0.3 is 5.97 Å². The number of rotatable bonds is 8. The SMILES string of the molecule is COc1cc(CCC(=O)Nc2cccc(C(=O)O)c2)cc(OC)c1OC. The molecule has 0 fully saturated rings. The first-order chi connectivity index (χ1) is 12.5. The number of carbonyl (C=O) groups excluding carboxylic acids is 1. The zero-order chi connectivity index (χ0) is 19.1. The van der Waals surface area contributed by atoms with E-state index in [1.165, 1.54) is 33.5 Å². The normalized spacial score (nSPS) is 10.1. The molecule has 0 radical (unpaired) electrons. The van der Waals surface area contributed by atoms with E-state index in [1.807, 2.05) is 0 Å². The maximum atomic E-state index is 12.2. The summed E-state index contributed by atoms with van der Waals surface area (Å²) in [7, 11) is 4.59. The highest BCUT2D eigenvalue weighted by atomic mass is 16.5. The number of methoxy groups -OCH3 is 3. The number of hydrogen-bond donors (Lipinski definition) is 2. The minimum absolute atomic E-state index is 0.118. The fourth-order valence-corrected chi connectivity index (χ4v) is 2.49. The van der Waals surface area contributed by atoms with E-state index < -0.39 is 5.97 Å². The smallest absolute Gasteiger partial charge is 0.335 e.